The Morgan fingerprint density at radius 3 is 2.72 bits per heavy atom. The molecule has 0 atom stereocenters. The molecule has 3 aromatic rings. The molecule has 124 valence electrons. The van der Waals surface area contributed by atoms with E-state index in [9.17, 15) is 4.79 Å². The summed E-state index contributed by atoms with van der Waals surface area (Å²) in [4.78, 5) is 12.3. The average molecular weight is 396 g/mol. The maximum Gasteiger partial charge on any atom is 0.289 e. The van der Waals surface area contributed by atoms with Crippen LogP contribution in [0.25, 0.3) is 11.3 Å². The van der Waals surface area contributed by atoms with E-state index in [0.717, 1.165) is 10.0 Å². The zero-order chi connectivity index (χ0) is 18.0. The molecule has 5 nitrogen and oxygen atoms in total. The standard InChI is InChI=1S/C19H14BrN3O2/c1-12-9-13(2)23(19(24)16(12)10-21)22-11-14-7-8-18(25-14)15-5-3-4-6-17(15)20/h3-9,11H,1-2H3/b22-11-. The van der Waals surface area contributed by atoms with Crippen molar-refractivity contribution in [2.75, 3.05) is 0 Å². The number of nitriles is 1. The maximum atomic E-state index is 12.3. The van der Waals surface area contributed by atoms with Crippen LogP contribution in [0.15, 0.2) is 61.3 Å². The summed E-state index contributed by atoms with van der Waals surface area (Å²) in [5.74, 6) is 1.20. The number of aryl methyl sites for hydroxylation is 2. The minimum atomic E-state index is -0.436. The Balaban J connectivity index is 1.96. The molecule has 0 aliphatic heterocycles. The topological polar surface area (TPSA) is 71.3 Å². The van der Waals surface area contributed by atoms with E-state index in [4.69, 9.17) is 9.68 Å². The first-order valence-electron chi connectivity index (χ1n) is 7.53. The molecular weight excluding hydrogens is 382 g/mol. The molecule has 0 spiro atoms. The number of furan rings is 1. The lowest BCUT2D eigenvalue weighted by molar-refractivity contribution is 0.573. The van der Waals surface area contributed by atoms with Crippen molar-refractivity contribution in [2.45, 2.75) is 13.8 Å². The first-order valence-corrected chi connectivity index (χ1v) is 8.33. The molecule has 0 radical (unpaired) electrons. The summed E-state index contributed by atoms with van der Waals surface area (Å²) >= 11 is 3.49. The Kier molecular flexibility index (Phi) is 4.68. The lowest BCUT2D eigenvalue weighted by Crippen LogP contribution is -2.22. The molecule has 6 heteroatoms. The van der Waals surface area contributed by atoms with Gasteiger partial charge in [0.05, 0.1) is 6.21 Å². The van der Waals surface area contributed by atoms with Gasteiger partial charge in [0.15, 0.2) is 0 Å². The molecule has 0 aliphatic carbocycles. The highest BCUT2D eigenvalue weighted by atomic mass is 79.9. The highest BCUT2D eigenvalue weighted by Gasteiger charge is 2.10. The first kappa shape index (κ1) is 16.9. The van der Waals surface area contributed by atoms with Crippen molar-refractivity contribution in [1.82, 2.24) is 4.68 Å². The van der Waals surface area contributed by atoms with Gasteiger partial charge in [0.2, 0.25) is 0 Å². The Morgan fingerprint density at radius 1 is 1.24 bits per heavy atom. The quantitative estimate of drug-likeness (QED) is 0.622. The Morgan fingerprint density at radius 2 is 2.00 bits per heavy atom. The molecule has 0 unspecified atom stereocenters. The van der Waals surface area contributed by atoms with E-state index < -0.39 is 5.56 Å². The van der Waals surface area contributed by atoms with Gasteiger partial charge >= 0.3 is 0 Å². The van der Waals surface area contributed by atoms with Crippen LogP contribution in [-0.2, 0) is 0 Å². The molecular formula is C19H14BrN3O2. The van der Waals surface area contributed by atoms with Gasteiger partial charge in [-0.05, 0) is 43.7 Å². The number of pyridine rings is 1. The van der Waals surface area contributed by atoms with Gasteiger partial charge in [0, 0.05) is 15.7 Å². The second kappa shape index (κ2) is 6.91. The Hall–Kier alpha value is -2.91. The number of rotatable bonds is 3. The summed E-state index contributed by atoms with van der Waals surface area (Å²) in [5.41, 5.74) is 1.88. The van der Waals surface area contributed by atoms with E-state index >= 15 is 0 Å². The third kappa shape index (κ3) is 3.32. The van der Waals surface area contributed by atoms with Gasteiger partial charge in [-0.1, -0.05) is 34.1 Å². The summed E-state index contributed by atoms with van der Waals surface area (Å²) in [6.45, 7) is 3.50. The number of hydrogen-bond donors (Lipinski definition) is 0. The second-order valence-corrected chi connectivity index (χ2v) is 6.35. The zero-order valence-electron chi connectivity index (χ0n) is 13.7. The third-order valence-electron chi connectivity index (χ3n) is 3.74. The monoisotopic (exact) mass is 395 g/mol. The van der Waals surface area contributed by atoms with Crippen LogP contribution in [0.5, 0.6) is 0 Å². The Bertz CT molecular complexity index is 1070. The van der Waals surface area contributed by atoms with Crippen molar-refractivity contribution in [1.29, 1.82) is 5.26 Å². The van der Waals surface area contributed by atoms with Crippen molar-refractivity contribution in [2.24, 2.45) is 5.10 Å². The van der Waals surface area contributed by atoms with E-state index in [1.807, 2.05) is 36.4 Å². The minimum absolute atomic E-state index is 0.0936. The van der Waals surface area contributed by atoms with Gasteiger partial charge in [-0.15, -0.1) is 0 Å². The number of nitrogens with zero attached hydrogens (tertiary/aromatic N) is 3. The summed E-state index contributed by atoms with van der Waals surface area (Å²) < 4.78 is 7.90. The van der Waals surface area contributed by atoms with Crippen molar-refractivity contribution >= 4 is 22.1 Å². The molecule has 0 bridgehead atoms. The van der Waals surface area contributed by atoms with Gasteiger partial charge < -0.3 is 4.42 Å². The minimum Gasteiger partial charge on any atom is -0.455 e. The van der Waals surface area contributed by atoms with Gasteiger partial charge in [0.25, 0.3) is 5.56 Å². The van der Waals surface area contributed by atoms with Crippen LogP contribution in [0.4, 0.5) is 0 Å². The molecule has 2 aromatic heterocycles. The average Bonchev–Trinajstić information content (AvgIpc) is 3.04. The van der Waals surface area contributed by atoms with Crippen LogP contribution >= 0.6 is 15.9 Å². The van der Waals surface area contributed by atoms with Crippen LogP contribution < -0.4 is 5.56 Å². The Labute approximate surface area is 153 Å². The van der Waals surface area contributed by atoms with Crippen LogP contribution in [-0.4, -0.2) is 10.9 Å². The van der Waals surface area contributed by atoms with Gasteiger partial charge in [-0.3, -0.25) is 4.79 Å². The zero-order valence-corrected chi connectivity index (χ0v) is 15.2. The van der Waals surface area contributed by atoms with Crippen LogP contribution in [0, 0.1) is 25.2 Å². The number of halogens is 1. The normalized spacial score (nSPS) is 11.0. The van der Waals surface area contributed by atoms with Crippen molar-refractivity contribution in [3.05, 3.63) is 79.9 Å². The molecule has 0 saturated carbocycles. The van der Waals surface area contributed by atoms with E-state index in [1.54, 1.807) is 26.0 Å². The fourth-order valence-corrected chi connectivity index (χ4v) is 2.98. The predicted molar refractivity (Wildman–Crippen MR) is 99.7 cm³/mol. The number of hydrogen-bond acceptors (Lipinski definition) is 4. The number of benzene rings is 1. The van der Waals surface area contributed by atoms with Crippen LogP contribution in [0.2, 0.25) is 0 Å². The lowest BCUT2D eigenvalue weighted by Gasteiger charge is -2.05. The largest absolute Gasteiger partial charge is 0.455 e. The predicted octanol–water partition coefficient (Wildman–Crippen LogP) is 4.24. The summed E-state index contributed by atoms with van der Waals surface area (Å²) in [6, 6.07) is 15.0. The molecule has 0 amide bonds. The molecule has 0 saturated heterocycles. The lowest BCUT2D eigenvalue weighted by atomic mass is 10.1. The first-order chi connectivity index (χ1) is 12.0. The third-order valence-corrected chi connectivity index (χ3v) is 4.43. The van der Waals surface area contributed by atoms with E-state index in [0.29, 0.717) is 22.8 Å². The molecule has 0 N–H and O–H groups in total. The van der Waals surface area contributed by atoms with Gasteiger partial charge in [-0.2, -0.15) is 10.4 Å². The second-order valence-electron chi connectivity index (χ2n) is 5.50. The molecule has 0 aliphatic rings. The van der Waals surface area contributed by atoms with Crippen molar-refractivity contribution < 1.29 is 4.42 Å². The summed E-state index contributed by atoms with van der Waals surface area (Å²) in [5, 5.41) is 13.3. The molecule has 25 heavy (non-hydrogen) atoms. The SMILES string of the molecule is Cc1cc(C)n(/N=C\c2ccc(-c3ccccc3Br)o2)c(=O)c1C#N. The van der Waals surface area contributed by atoms with E-state index in [-0.39, 0.29) is 5.56 Å². The molecule has 2 heterocycles. The molecule has 0 fully saturated rings. The summed E-state index contributed by atoms with van der Waals surface area (Å²) in [7, 11) is 0. The number of aromatic nitrogens is 1. The van der Waals surface area contributed by atoms with Crippen LogP contribution in [0.1, 0.15) is 22.6 Å². The van der Waals surface area contributed by atoms with Crippen LogP contribution in [0.3, 0.4) is 0 Å². The van der Waals surface area contributed by atoms with Crippen molar-refractivity contribution in [3.63, 3.8) is 0 Å². The fourth-order valence-electron chi connectivity index (χ4n) is 2.50. The highest BCUT2D eigenvalue weighted by molar-refractivity contribution is 9.10. The summed E-state index contributed by atoms with van der Waals surface area (Å²) in [6.07, 6.45) is 1.46. The highest BCUT2D eigenvalue weighted by Crippen LogP contribution is 2.28. The fraction of sp³-hybridized carbons (Fsp3) is 0.105. The van der Waals surface area contributed by atoms with Gasteiger partial charge in [0.1, 0.15) is 23.2 Å². The smallest absolute Gasteiger partial charge is 0.289 e. The molecule has 1 aromatic carbocycles. The van der Waals surface area contributed by atoms with Crippen molar-refractivity contribution in [3.8, 4) is 17.4 Å². The van der Waals surface area contributed by atoms with Gasteiger partial charge in [-0.25, -0.2) is 4.68 Å². The molecule has 3 rings (SSSR count). The van der Waals surface area contributed by atoms with E-state index in [2.05, 4.69) is 21.0 Å². The van der Waals surface area contributed by atoms with E-state index in [1.165, 1.54) is 10.9 Å². The maximum absolute atomic E-state index is 12.3.